The van der Waals surface area contributed by atoms with E-state index in [1.54, 1.807) is 37.4 Å². The molecule has 5 rings (SSSR count). The number of methoxy groups -OCH3 is 1. The molecule has 0 aliphatic carbocycles. The largest absolute Gasteiger partial charge is 0.497 e. The van der Waals surface area contributed by atoms with Gasteiger partial charge in [0.2, 0.25) is 5.91 Å². The standard InChI is InChI=1S/C25H19N3O4S/c1-32-16-11-12-19-21(14-16)33-25(26-19)27-22(29)20(13-15-7-3-2-4-8-15)28-23(30)17-9-5-6-10-18(17)24(28)31/h2-12,14,20H,13H2,1H3,(H,26,27,29)/t20-/m1/s1. The van der Waals surface area contributed by atoms with Crippen LogP contribution < -0.4 is 10.1 Å². The van der Waals surface area contributed by atoms with Gasteiger partial charge in [-0.25, -0.2) is 4.98 Å². The van der Waals surface area contributed by atoms with Crippen LogP contribution in [-0.2, 0) is 11.2 Å². The summed E-state index contributed by atoms with van der Waals surface area (Å²) in [5.41, 5.74) is 2.17. The Labute approximate surface area is 193 Å². The van der Waals surface area contributed by atoms with E-state index in [1.807, 2.05) is 42.5 Å². The Morgan fingerprint density at radius 3 is 2.33 bits per heavy atom. The highest BCUT2D eigenvalue weighted by Gasteiger charge is 2.42. The van der Waals surface area contributed by atoms with Crippen molar-refractivity contribution in [3.63, 3.8) is 0 Å². The predicted octanol–water partition coefficient (Wildman–Crippen LogP) is 4.15. The SMILES string of the molecule is COc1ccc2nc(NC(=O)[C@@H](Cc3ccccc3)N3C(=O)c4ccccc4C3=O)sc2c1. The number of amides is 3. The third-order valence-corrected chi connectivity index (χ3v) is 6.47. The highest BCUT2D eigenvalue weighted by molar-refractivity contribution is 7.22. The van der Waals surface area contributed by atoms with Gasteiger partial charge in [0.1, 0.15) is 11.8 Å². The number of imide groups is 1. The van der Waals surface area contributed by atoms with Crippen LogP contribution in [-0.4, -0.2) is 40.8 Å². The summed E-state index contributed by atoms with van der Waals surface area (Å²) in [5, 5.41) is 3.20. The van der Waals surface area contributed by atoms with E-state index in [4.69, 9.17) is 4.74 Å². The van der Waals surface area contributed by atoms with Gasteiger partial charge in [0.15, 0.2) is 5.13 Å². The fourth-order valence-electron chi connectivity index (χ4n) is 3.90. The summed E-state index contributed by atoms with van der Waals surface area (Å²) in [7, 11) is 1.58. The molecule has 4 aromatic rings. The summed E-state index contributed by atoms with van der Waals surface area (Å²) in [6, 6.07) is 20.3. The first-order valence-corrected chi connectivity index (χ1v) is 11.1. The van der Waals surface area contributed by atoms with Crippen molar-refractivity contribution in [2.24, 2.45) is 0 Å². The molecule has 1 aromatic heterocycles. The van der Waals surface area contributed by atoms with Crippen molar-refractivity contribution >= 4 is 44.4 Å². The number of nitrogens with zero attached hydrogens (tertiary/aromatic N) is 2. The van der Waals surface area contributed by atoms with Crippen LogP contribution in [0.4, 0.5) is 5.13 Å². The van der Waals surface area contributed by atoms with Crippen LogP contribution in [0.2, 0.25) is 0 Å². The molecule has 2 heterocycles. The van der Waals surface area contributed by atoms with Crippen molar-refractivity contribution in [3.05, 3.63) is 89.5 Å². The molecule has 0 saturated heterocycles. The number of anilines is 1. The molecule has 1 aliphatic heterocycles. The maximum absolute atomic E-state index is 13.4. The molecule has 0 spiro atoms. The molecule has 164 valence electrons. The molecule has 0 saturated carbocycles. The van der Waals surface area contributed by atoms with Crippen LogP contribution in [0.5, 0.6) is 5.75 Å². The molecular weight excluding hydrogens is 438 g/mol. The van der Waals surface area contributed by atoms with Gasteiger partial charge in [-0.05, 0) is 35.9 Å². The number of carbonyl (C=O) groups excluding carboxylic acids is 3. The van der Waals surface area contributed by atoms with E-state index in [9.17, 15) is 14.4 Å². The van der Waals surface area contributed by atoms with E-state index in [1.165, 1.54) is 11.3 Å². The van der Waals surface area contributed by atoms with E-state index in [-0.39, 0.29) is 6.42 Å². The van der Waals surface area contributed by atoms with Gasteiger partial charge in [-0.3, -0.25) is 19.3 Å². The summed E-state index contributed by atoms with van der Waals surface area (Å²) in [6.45, 7) is 0. The predicted molar refractivity (Wildman–Crippen MR) is 126 cm³/mol. The quantitative estimate of drug-likeness (QED) is 0.440. The summed E-state index contributed by atoms with van der Waals surface area (Å²) in [4.78, 5) is 45.2. The molecule has 1 aliphatic rings. The van der Waals surface area contributed by atoms with E-state index < -0.39 is 23.8 Å². The van der Waals surface area contributed by atoms with Gasteiger partial charge in [-0.1, -0.05) is 53.8 Å². The average Bonchev–Trinajstić information content (AvgIpc) is 3.35. The Morgan fingerprint density at radius 2 is 1.67 bits per heavy atom. The topological polar surface area (TPSA) is 88.6 Å². The fourth-order valence-corrected chi connectivity index (χ4v) is 4.80. The number of fused-ring (bicyclic) bond motifs is 2. The van der Waals surface area contributed by atoms with E-state index >= 15 is 0 Å². The lowest BCUT2D eigenvalue weighted by molar-refractivity contribution is -0.119. The maximum atomic E-state index is 13.4. The van der Waals surface area contributed by atoms with Crippen LogP contribution in [0.15, 0.2) is 72.8 Å². The minimum absolute atomic E-state index is 0.191. The number of hydrogen-bond acceptors (Lipinski definition) is 6. The molecule has 0 unspecified atom stereocenters. The van der Waals surface area contributed by atoms with Gasteiger partial charge < -0.3 is 10.1 Å². The first-order chi connectivity index (χ1) is 16.0. The Morgan fingerprint density at radius 1 is 1.00 bits per heavy atom. The van der Waals surface area contributed by atoms with Crippen LogP contribution >= 0.6 is 11.3 Å². The number of thiazole rings is 1. The van der Waals surface area contributed by atoms with Crippen molar-refractivity contribution in [2.45, 2.75) is 12.5 Å². The normalized spacial score (nSPS) is 13.8. The van der Waals surface area contributed by atoms with Crippen molar-refractivity contribution in [2.75, 3.05) is 12.4 Å². The zero-order valence-corrected chi connectivity index (χ0v) is 18.5. The van der Waals surface area contributed by atoms with Crippen molar-refractivity contribution in [1.29, 1.82) is 0 Å². The number of carbonyl (C=O) groups is 3. The van der Waals surface area contributed by atoms with Crippen LogP contribution in [0.3, 0.4) is 0 Å². The molecule has 0 fully saturated rings. The summed E-state index contributed by atoms with van der Waals surface area (Å²) >= 11 is 1.30. The number of benzene rings is 3. The number of hydrogen-bond donors (Lipinski definition) is 1. The number of aromatic nitrogens is 1. The van der Waals surface area contributed by atoms with Crippen molar-refractivity contribution < 1.29 is 19.1 Å². The van der Waals surface area contributed by atoms with Crippen molar-refractivity contribution in [3.8, 4) is 5.75 Å². The molecule has 7 nitrogen and oxygen atoms in total. The van der Waals surface area contributed by atoms with Crippen LogP contribution in [0.25, 0.3) is 10.2 Å². The summed E-state index contributed by atoms with van der Waals surface area (Å²) in [5.74, 6) is -0.724. The molecule has 33 heavy (non-hydrogen) atoms. The first kappa shape index (κ1) is 20.8. The third kappa shape index (κ3) is 3.85. The number of rotatable bonds is 6. The zero-order valence-electron chi connectivity index (χ0n) is 17.6. The summed E-state index contributed by atoms with van der Waals surface area (Å²) < 4.78 is 6.10. The van der Waals surface area contributed by atoms with Gasteiger partial charge in [0.05, 0.1) is 28.5 Å². The van der Waals surface area contributed by atoms with Gasteiger partial charge >= 0.3 is 0 Å². The molecule has 1 atom stereocenters. The van der Waals surface area contributed by atoms with Gasteiger partial charge in [0, 0.05) is 6.42 Å². The minimum atomic E-state index is -1.03. The first-order valence-electron chi connectivity index (χ1n) is 10.3. The second kappa shape index (κ2) is 8.48. The smallest absolute Gasteiger partial charge is 0.262 e. The highest BCUT2D eigenvalue weighted by atomic mass is 32.1. The maximum Gasteiger partial charge on any atom is 0.262 e. The third-order valence-electron chi connectivity index (χ3n) is 5.54. The second-order valence-electron chi connectivity index (χ2n) is 7.57. The van der Waals surface area contributed by atoms with Gasteiger partial charge in [0.25, 0.3) is 11.8 Å². The Balaban J connectivity index is 1.47. The Kier molecular flexibility index (Phi) is 5.35. The Bertz CT molecular complexity index is 1350. The van der Waals surface area contributed by atoms with Gasteiger partial charge in [-0.15, -0.1) is 0 Å². The second-order valence-corrected chi connectivity index (χ2v) is 8.60. The lowest BCUT2D eigenvalue weighted by Gasteiger charge is -2.25. The number of ether oxygens (including phenoxy) is 1. The average molecular weight is 458 g/mol. The van der Waals surface area contributed by atoms with Crippen molar-refractivity contribution in [1.82, 2.24) is 9.88 Å². The monoisotopic (exact) mass is 457 g/mol. The molecule has 0 bridgehead atoms. The lowest BCUT2D eigenvalue weighted by Crippen LogP contribution is -2.48. The fraction of sp³-hybridized carbons (Fsp3) is 0.120. The molecule has 8 heteroatoms. The molecule has 3 aromatic carbocycles. The van der Waals surface area contributed by atoms with Crippen LogP contribution in [0.1, 0.15) is 26.3 Å². The Hall–Kier alpha value is -4.04. The molecular formula is C25H19N3O4S. The molecule has 3 amide bonds. The molecule has 0 radical (unpaired) electrons. The molecule has 1 N–H and O–H groups in total. The zero-order chi connectivity index (χ0) is 22.9. The number of nitrogens with one attached hydrogen (secondary N) is 1. The highest BCUT2D eigenvalue weighted by Crippen LogP contribution is 2.31. The minimum Gasteiger partial charge on any atom is -0.497 e. The van der Waals surface area contributed by atoms with E-state index in [0.717, 1.165) is 20.7 Å². The van der Waals surface area contributed by atoms with E-state index in [0.29, 0.717) is 22.0 Å². The van der Waals surface area contributed by atoms with Gasteiger partial charge in [-0.2, -0.15) is 0 Å². The van der Waals surface area contributed by atoms with Crippen LogP contribution in [0, 0.1) is 0 Å². The lowest BCUT2D eigenvalue weighted by atomic mass is 10.0. The summed E-state index contributed by atoms with van der Waals surface area (Å²) in [6.07, 6.45) is 0.191. The van der Waals surface area contributed by atoms with E-state index in [2.05, 4.69) is 10.3 Å².